The van der Waals surface area contributed by atoms with Gasteiger partial charge in [0.25, 0.3) is 0 Å². The molecular formula is C63H46N2. The molecule has 0 spiro atoms. The second-order valence-corrected chi connectivity index (χ2v) is 15.9. The molecule has 10 aromatic rings. The number of hydrogen-bond donors (Lipinski definition) is 0. The van der Waals surface area contributed by atoms with Gasteiger partial charge in [0.15, 0.2) is 0 Å². The fourth-order valence-electron chi connectivity index (χ4n) is 9.56. The first kappa shape index (κ1) is 31.4. The van der Waals surface area contributed by atoms with Crippen LogP contribution in [0.3, 0.4) is 0 Å². The van der Waals surface area contributed by atoms with Crippen LogP contribution in [0.5, 0.6) is 0 Å². The Balaban J connectivity index is 1.22. The molecule has 308 valence electrons. The quantitative estimate of drug-likeness (QED) is 0.118. The average Bonchev–Trinajstić information content (AvgIpc) is 3.92. The number of hydrogen-bond acceptors (Lipinski definition) is 1. The Kier molecular flexibility index (Phi) is 8.05. The number of para-hydroxylation sites is 2. The number of benzene rings is 9. The van der Waals surface area contributed by atoms with E-state index < -0.39 is 29.6 Å². The lowest BCUT2D eigenvalue weighted by atomic mass is 9.67. The van der Waals surface area contributed by atoms with Crippen LogP contribution in [0.2, 0.25) is 0 Å². The van der Waals surface area contributed by atoms with Gasteiger partial charge in [-0.3, -0.25) is 0 Å². The second kappa shape index (κ2) is 16.7. The van der Waals surface area contributed by atoms with Gasteiger partial charge in [0.2, 0.25) is 0 Å². The zero-order chi connectivity index (χ0) is 50.7. The number of anilines is 3. The third kappa shape index (κ3) is 6.67. The van der Waals surface area contributed by atoms with Crippen molar-refractivity contribution in [1.29, 1.82) is 0 Å². The molecule has 1 aliphatic rings. The molecule has 0 saturated heterocycles. The van der Waals surface area contributed by atoms with Crippen LogP contribution in [-0.2, 0) is 5.41 Å². The Labute approximate surface area is 392 Å². The van der Waals surface area contributed by atoms with Crippen molar-refractivity contribution in [1.82, 2.24) is 4.57 Å². The zero-order valence-electron chi connectivity index (χ0n) is 43.4. The lowest BCUT2D eigenvalue weighted by Crippen LogP contribution is -2.28. The third-order valence-electron chi connectivity index (χ3n) is 12.4. The Morgan fingerprint density at radius 2 is 0.985 bits per heavy atom. The molecule has 0 unspecified atom stereocenters. The summed E-state index contributed by atoms with van der Waals surface area (Å²) in [5, 5.41) is 1.77. The zero-order valence-corrected chi connectivity index (χ0v) is 35.4. The van der Waals surface area contributed by atoms with Gasteiger partial charge in [-0.05, 0) is 122 Å². The molecule has 9 aromatic carbocycles. The normalized spacial score (nSPS) is 14.5. The molecule has 1 aliphatic carbocycles. The van der Waals surface area contributed by atoms with E-state index in [9.17, 15) is 11.0 Å². The Bertz CT molecular complexity index is 3800. The minimum absolute atomic E-state index is 0.0373. The summed E-state index contributed by atoms with van der Waals surface area (Å²) in [6.07, 6.45) is 10.6. The predicted molar refractivity (Wildman–Crippen MR) is 277 cm³/mol. The molecule has 1 aromatic heterocycles. The molecule has 0 N–H and O–H groups in total. The maximum absolute atomic E-state index is 10.0. The van der Waals surface area contributed by atoms with E-state index in [1.807, 2.05) is 146 Å². The highest BCUT2D eigenvalue weighted by Gasteiger charge is 2.46. The fourth-order valence-corrected chi connectivity index (χ4v) is 9.56. The first-order valence-electron chi connectivity index (χ1n) is 25.6. The van der Waals surface area contributed by atoms with Crippen LogP contribution in [0.15, 0.2) is 256 Å². The topological polar surface area (TPSA) is 8.17 Å². The highest BCUT2D eigenvalue weighted by atomic mass is 15.1. The number of fused-ring (bicyclic) bond motifs is 6. The molecule has 2 nitrogen and oxygen atoms in total. The van der Waals surface area contributed by atoms with E-state index in [-0.39, 0.29) is 46.8 Å². The maximum Gasteiger partial charge on any atom is 0.0714 e. The van der Waals surface area contributed by atoms with E-state index in [4.69, 9.17) is 0 Å². The number of nitrogens with zero attached hydrogens (tertiary/aromatic N) is 2. The highest BCUT2D eigenvalue weighted by molar-refractivity contribution is 6.09. The second-order valence-electron chi connectivity index (χ2n) is 15.9. The molecule has 0 bridgehead atoms. The minimum atomic E-state index is -0.894. The van der Waals surface area contributed by atoms with Crippen molar-refractivity contribution >= 4 is 51.0 Å². The van der Waals surface area contributed by atoms with E-state index in [1.54, 1.807) is 28.9 Å². The van der Waals surface area contributed by atoms with Gasteiger partial charge in [0, 0.05) is 33.5 Å². The lowest BCUT2D eigenvalue weighted by Gasteiger charge is -2.35. The van der Waals surface area contributed by atoms with Crippen LogP contribution < -0.4 is 4.90 Å². The van der Waals surface area contributed by atoms with Crippen molar-refractivity contribution in [2.24, 2.45) is 0 Å². The van der Waals surface area contributed by atoms with Crippen LogP contribution in [0, 0.1) is 0 Å². The van der Waals surface area contributed by atoms with Crippen molar-refractivity contribution in [3.05, 3.63) is 289 Å². The Morgan fingerprint density at radius 1 is 0.446 bits per heavy atom. The van der Waals surface area contributed by atoms with Crippen molar-refractivity contribution in [3.63, 3.8) is 0 Å². The SMILES string of the molecule is [2H]c1c([2H])c(N(c2ccc3c(c2)C(c2ccccc2)(c2ccccc2)c2ccccc2-3)c2c([2H])c([2H])c(-n3c4ccccc4c4ccccc43)c([2H])c2[2H])c([2H])c([2H])c1-c1ccc(/C=C\C=C)c(/C=C\C=C)c1. The molecule has 0 atom stereocenters. The maximum atomic E-state index is 10.0. The monoisotopic (exact) mass is 838 g/mol. The molecule has 0 aliphatic heterocycles. The van der Waals surface area contributed by atoms with Crippen LogP contribution >= 0.6 is 0 Å². The molecule has 0 saturated carbocycles. The highest BCUT2D eigenvalue weighted by Crippen LogP contribution is 2.57. The summed E-state index contributed by atoms with van der Waals surface area (Å²) < 4.78 is 80.8. The van der Waals surface area contributed by atoms with Crippen molar-refractivity contribution < 1.29 is 11.0 Å². The number of aromatic nitrogens is 1. The molecule has 0 amide bonds. The van der Waals surface area contributed by atoms with Gasteiger partial charge in [0.05, 0.1) is 27.4 Å². The first-order valence-corrected chi connectivity index (χ1v) is 21.6. The largest absolute Gasteiger partial charge is 0.310 e. The average molecular weight is 839 g/mol. The van der Waals surface area contributed by atoms with Crippen molar-refractivity contribution in [2.75, 3.05) is 4.90 Å². The van der Waals surface area contributed by atoms with Crippen LogP contribution in [0.1, 0.15) is 44.3 Å². The van der Waals surface area contributed by atoms with Gasteiger partial charge in [-0.1, -0.05) is 201 Å². The molecule has 65 heavy (non-hydrogen) atoms. The Hall–Kier alpha value is -8.46. The molecule has 0 fully saturated rings. The lowest BCUT2D eigenvalue weighted by molar-refractivity contribution is 0.768. The van der Waals surface area contributed by atoms with Gasteiger partial charge in [-0.15, -0.1) is 0 Å². The van der Waals surface area contributed by atoms with E-state index in [0.29, 0.717) is 22.3 Å². The summed E-state index contributed by atoms with van der Waals surface area (Å²) >= 11 is 0. The van der Waals surface area contributed by atoms with Crippen molar-refractivity contribution in [3.8, 4) is 27.9 Å². The summed E-state index contributed by atoms with van der Waals surface area (Å²) in [5.41, 5.74) is 8.28. The summed E-state index contributed by atoms with van der Waals surface area (Å²) in [5.74, 6) is 0. The fraction of sp³-hybridized carbons (Fsp3) is 0.0159. The van der Waals surface area contributed by atoms with Gasteiger partial charge in [-0.25, -0.2) is 0 Å². The van der Waals surface area contributed by atoms with Crippen LogP contribution in [0.25, 0.3) is 61.9 Å². The molecule has 1 heterocycles. The minimum Gasteiger partial charge on any atom is -0.310 e. The van der Waals surface area contributed by atoms with E-state index in [2.05, 4.69) is 49.6 Å². The van der Waals surface area contributed by atoms with Gasteiger partial charge in [0.1, 0.15) is 0 Å². The van der Waals surface area contributed by atoms with E-state index in [1.165, 1.54) is 4.90 Å². The smallest absolute Gasteiger partial charge is 0.0714 e. The van der Waals surface area contributed by atoms with E-state index in [0.717, 1.165) is 55.3 Å². The number of allylic oxidation sites excluding steroid dienone is 4. The number of rotatable bonds is 11. The molecule has 0 radical (unpaired) electrons. The van der Waals surface area contributed by atoms with Gasteiger partial charge >= 0.3 is 0 Å². The summed E-state index contributed by atoms with van der Waals surface area (Å²) in [4.78, 5) is 1.41. The van der Waals surface area contributed by atoms with Gasteiger partial charge < -0.3 is 9.47 Å². The Morgan fingerprint density at radius 3 is 1.62 bits per heavy atom. The molecular weight excluding hydrogens is 785 g/mol. The van der Waals surface area contributed by atoms with Crippen LogP contribution in [-0.4, -0.2) is 4.57 Å². The van der Waals surface area contributed by atoms with E-state index >= 15 is 0 Å². The van der Waals surface area contributed by atoms with Crippen molar-refractivity contribution in [2.45, 2.75) is 5.41 Å². The molecule has 11 rings (SSSR count). The van der Waals surface area contributed by atoms with Gasteiger partial charge in [-0.2, -0.15) is 0 Å². The molecule has 2 heteroatoms. The summed E-state index contributed by atoms with van der Waals surface area (Å²) in [6, 6.07) is 52.0. The summed E-state index contributed by atoms with van der Waals surface area (Å²) in [6.45, 7) is 7.62. The van der Waals surface area contributed by atoms with Crippen LogP contribution in [0.4, 0.5) is 17.1 Å². The predicted octanol–water partition coefficient (Wildman–Crippen LogP) is 16.7. The first-order chi connectivity index (χ1) is 35.5. The third-order valence-corrected chi connectivity index (χ3v) is 12.4. The summed E-state index contributed by atoms with van der Waals surface area (Å²) in [7, 11) is 0. The standard InChI is InChI=1S/C63H46N2/c1-3-5-19-45-31-32-48(43-47(45)20-6-4-2)46-33-35-51(36-34-46)64(52-37-39-53(40-38-52)65-61-29-17-14-26-57(61)58-27-15-18-30-62(58)65)54-41-42-56-55-25-13-16-28-59(55)63(60(56)44-54,49-21-9-7-10-22-49)50-23-11-8-12-24-50/h3-44H,1-2H2/b19-5-,20-6-/i33D,34D,35D,36D,37D,38D,39D,40D.